The zero-order valence-corrected chi connectivity index (χ0v) is 12.8. The molecule has 1 fully saturated rings. The summed E-state index contributed by atoms with van der Waals surface area (Å²) < 4.78 is 5.60. The van der Waals surface area contributed by atoms with Crippen LogP contribution in [0, 0.1) is 10.1 Å². The predicted molar refractivity (Wildman–Crippen MR) is 83.2 cm³/mol. The van der Waals surface area contributed by atoms with Gasteiger partial charge in [-0.15, -0.1) is 0 Å². The highest BCUT2D eigenvalue weighted by atomic mass is 16.6. The highest BCUT2D eigenvalue weighted by Crippen LogP contribution is 2.33. The summed E-state index contributed by atoms with van der Waals surface area (Å²) in [6, 6.07) is 5.50. The predicted octanol–water partition coefficient (Wildman–Crippen LogP) is 2.57. The molecular formula is C15H23N3O3. The Morgan fingerprint density at radius 2 is 2.24 bits per heavy atom. The Labute approximate surface area is 125 Å². The molecule has 21 heavy (non-hydrogen) atoms. The lowest BCUT2D eigenvalue weighted by Gasteiger charge is -2.33. The summed E-state index contributed by atoms with van der Waals surface area (Å²) in [5.74, 6) is 0.336. The van der Waals surface area contributed by atoms with Crippen LogP contribution < -0.4 is 15.0 Å². The first-order valence-corrected chi connectivity index (χ1v) is 7.37. The monoisotopic (exact) mass is 293 g/mol. The Kier molecular flexibility index (Phi) is 5.01. The quantitative estimate of drug-likeness (QED) is 0.667. The van der Waals surface area contributed by atoms with E-state index in [1.807, 2.05) is 20.9 Å². The minimum absolute atomic E-state index is 0.0163. The van der Waals surface area contributed by atoms with Gasteiger partial charge in [-0.2, -0.15) is 0 Å². The normalized spacial score (nSPS) is 18.6. The van der Waals surface area contributed by atoms with E-state index in [9.17, 15) is 10.1 Å². The van der Waals surface area contributed by atoms with Gasteiger partial charge >= 0.3 is 5.69 Å². The fourth-order valence-electron chi connectivity index (χ4n) is 2.60. The maximum atomic E-state index is 11.1. The highest BCUT2D eigenvalue weighted by molar-refractivity contribution is 5.59. The number of hydrogen-bond acceptors (Lipinski definition) is 5. The molecule has 6 nitrogen and oxygen atoms in total. The number of benzene rings is 1. The number of nitro groups is 1. The molecular weight excluding hydrogens is 270 g/mol. The van der Waals surface area contributed by atoms with E-state index in [0.29, 0.717) is 11.8 Å². The van der Waals surface area contributed by atoms with E-state index in [4.69, 9.17) is 4.74 Å². The molecule has 1 aromatic rings. The van der Waals surface area contributed by atoms with Crippen molar-refractivity contribution in [3.05, 3.63) is 28.3 Å². The van der Waals surface area contributed by atoms with Gasteiger partial charge in [0, 0.05) is 37.5 Å². The average Bonchev–Trinajstić information content (AvgIpc) is 2.46. The Morgan fingerprint density at radius 1 is 1.48 bits per heavy atom. The van der Waals surface area contributed by atoms with E-state index < -0.39 is 4.92 Å². The molecule has 1 aliphatic heterocycles. The molecule has 0 aliphatic carbocycles. The summed E-state index contributed by atoms with van der Waals surface area (Å²) in [5, 5.41) is 14.5. The SMILES string of the molecule is CC(C)Oc1cc(N(C)C2CCCNC2)ccc1[N+](=O)[O-]. The van der Waals surface area contributed by atoms with Crippen molar-refractivity contribution in [2.45, 2.75) is 38.8 Å². The summed E-state index contributed by atoms with van der Waals surface area (Å²) >= 11 is 0. The van der Waals surface area contributed by atoms with Crippen LogP contribution in [0.2, 0.25) is 0 Å². The van der Waals surface area contributed by atoms with Gasteiger partial charge in [-0.1, -0.05) is 0 Å². The molecule has 116 valence electrons. The minimum atomic E-state index is -0.399. The van der Waals surface area contributed by atoms with Gasteiger partial charge in [-0.05, 0) is 39.3 Å². The Balaban J connectivity index is 2.25. The number of piperidine rings is 1. The van der Waals surface area contributed by atoms with Crippen molar-refractivity contribution in [1.29, 1.82) is 0 Å². The van der Waals surface area contributed by atoms with Gasteiger partial charge in [0.15, 0.2) is 5.75 Å². The second kappa shape index (κ2) is 6.76. The standard InChI is InChI=1S/C15H23N3O3/c1-11(2)21-15-9-12(6-7-14(15)18(19)20)17(3)13-5-4-8-16-10-13/h6-7,9,11,13,16H,4-5,8,10H2,1-3H3. The van der Waals surface area contributed by atoms with Crippen LogP contribution in [0.4, 0.5) is 11.4 Å². The van der Waals surface area contributed by atoms with E-state index in [1.165, 1.54) is 6.07 Å². The summed E-state index contributed by atoms with van der Waals surface area (Å²) in [6.07, 6.45) is 2.18. The fourth-order valence-corrected chi connectivity index (χ4v) is 2.60. The number of nitrogens with one attached hydrogen (secondary N) is 1. The van der Waals surface area contributed by atoms with Gasteiger partial charge in [-0.3, -0.25) is 10.1 Å². The lowest BCUT2D eigenvalue weighted by Crippen LogP contribution is -2.44. The largest absolute Gasteiger partial charge is 0.484 e. The Morgan fingerprint density at radius 3 is 2.81 bits per heavy atom. The van der Waals surface area contributed by atoms with Crippen LogP contribution in [0.1, 0.15) is 26.7 Å². The van der Waals surface area contributed by atoms with Crippen molar-refractivity contribution < 1.29 is 9.66 Å². The van der Waals surface area contributed by atoms with Crippen LogP contribution in [0.5, 0.6) is 5.75 Å². The van der Waals surface area contributed by atoms with Crippen LogP contribution in [0.15, 0.2) is 18.2 Å². The van der Waals surface area contributed by atoms with Crippen LogP contribution in [-0.4, -0.2) is 37.2 Å². The lowest BCUT2D eigenvalue weighted by atomic mass is 10.1. The molecule has 0 aromatic heterocycles. The van der Waals surface area contributed by atoms with Crippen LogP contribution >= 0.6 is 0 Å². The van der Waals surface area contributed by atoms with E-state index in [0.717, 1.165) is 31.6 Å². The van der Waals surface area contributed by atoms with Crippen molar-refractivity contribution in [2.75, 3.05) is 25.0 Å². The molecule has 1 aromatic carbocycles. The van der Waals surface area contributed by atoms with Gasteiger partial charge < -0.3 is 15.0 Å². The first-order chi connectivity index (χ1) is 9.99. The first kappa shape index (κ1) is 15.6. The van der Waals surface area contributed by atoms with E-state index in [2.05, 4.69) is 10.2 Å². The molecule has 1 N–H and O–H groups in total. The highest BCUT2D eigenvalue weighted by Gasteiger charge is 2.22. The van der Waals surface area contributed by atoms with E-state index >= 15 is 0 Å². The van der Waals surface area contributed by atoms with Crippen molar-refractivity contribution >= 4 is 11.4 Å². The van der Waals surface area contributed by atoms with Crippen molar-refractivity contribution in [2.24, 2.45) is 0 Å². The van der Waals surface area contributed by atoms with Crippen molar-refractivity contribution in [3.63, 3.8) is 0 Å². The molecule has 0 saturated carbocycles. The molecule has 6 heteroatoms. The van der Waals surface area contributed by atoms with Gasteiger partial charge in [0.25, 0.3) is 0 Å². The zero-order chi connectivity index (χ0) is 15.4. The molecule has 1 aliphatic rings. The molecule has 1 heterocycles. The van der Waals surface area contributed by atoms with E-state index in [1.54, 1.807) is 12.1 Å². The Hall–Kier alpha value is -1.82. The third-order valence-electron chi connectivity index (χ3n) is 3.73. The maximum Gasteiger partial charge on any atom is 0.311 e. The molecule has 0 radical (unpaired) electrons. The molecule has 0 amide bonds. The molecule has 1 saturated heterocycles. The smallest absolute Gasteiger partial charge is 0.311 e. The molecule has 1 unspecified atom stereocenters. The molecule has 0 spiro atoms. The summed E-state index contributed by atoms with van der Waals surface area (Å²) in [6.45, 7) is 5.73. The number of nitro benzene ring substituents is 1. The molecule has 0 bridgehead atoms. The van der Waals surface area contributed by atoms with Crippen molar-refractivity contribution in [3.8, 4) is 5.75 Å². The number of rotatable bonds is 5. The third-order valence-corrected chi connectivity index (χ3v) is 3.73. The van der Waals surface area contributed by atoms with Crippen LogP contribution in [-0.2, 0) is 0 Å². The second-order valence-electron chi connectivity index (χ2n) is 5.69. The van der Waals surface area contributed by atoms with Crippen LogP contribution in [0.3, 0.4) is 0 Å². The number of hydrogen-bond donors (Lipinski definition) is 1. The number of nitrogens with zero attached hydrogens (tertiary/aromatic N) is 2. The van der Waals surface area contributed by atoms with Gasteiger partial charge in [0.1, 0.15) is 0 Å². The first-order valence-electron chi connectivity index (χ1n) is 7.37. The summed E-state index contributed by atoms with van der Waals surface area (Å²) in [4.78, 5) is 12.9. The van der Waals surface area contributed by atoms with Crippen LogP contribution in [0.25, 0.3) is 0 Å². The average molecular weight is 293 g/mol. The summed E-state index contributed by atoms with van der Waals surface area (Å²) in [5.41, 5.74) is 0.965. The van der Waals surface area contributed by atoms with Gasteiger partial charge in [-0.25, -0.2) is 0 Å². The fraction of sp³-hybridized carbons (Fsp3) is 0.600. The number of anilines is 1. The zero-order valence-electron chi connectivity index (χ0n) is 12.8. The number of ether oxygens (including phenoxy) is 1. The Bertz CT molecular complexity index is 499. The maximum absolute atomic E-state index is 11.1. The molecule has 1 atom stereocenters. The van der Waals surface area contributed by atoms with E-state index in [-0.39, 0.29) is 11.8 Å². The summed E-state index contributed by atoms with van der Waals surface area (Å²) in [7, 11) is 2.03. The second-order valence-corrected chi connectivity index (χ2v) is 5.69. The van der Waals surface area contributed by atoms with Crippen molar-refractivity contribution in [1.82, 2.24) is 5.32 Å². The van der Waals surface area contributed by atoms with Gasteiger partial charge in [0.05, 0.1) is 11.0 Å². The molecule has 2 rings (SSSR count). The topological polar surface area (TPSA) is 67.6 Å². The minimum Gasteiger partial charge on any atom is -0.484 e. The van der Waals surface area contributed by atoms with Gasteiger partial charge in [0.2, 0.25) is 0 Å². The lowest BCUT2D eigenvalue weighted by molar-refractivity contribution is -0.386. The third kappa shape index (κ3) is 3.85. The number of likely N-dealkylation sites (N-methyl/N-ethyl adjacent to an activating group) is 1.